The number of para-hydroxylation sites is 1. The highest BCUT2D eigenvalue weighted by Crippen LogP contribution is 2.24. The van der Waals surface area contributed by atoms with E-state index in [9.17, 15) is 0 Å². The van der Waals surface area contributed by atoms with Crippen LogP contribution in [0, 0.1) is 18.3 Å². The van der Waals surface area contributed by atoms with Gasteiger partial charge in [-0.25, -0.2) is 4.98 Å². The summed E-state index contributed by atoms with van der Waals surface area (Å²) in [7, 11) is 3.90. The molecule has 0 N–H and O–H groups in total. The molecule has 2 rings (SSSR count). The second kappa shape index (κ2) is 4.42. The molecule has 17 heavy (non-hydrogen) atoms. The zero-order valence-electron chi connectivity index (χ0n) is 10.4. The number of aryl methyl sites for hydroxylation is 1. The van der Waals surface area contributed by atoms with E-state index in [0.29, 0.717) is 6.42 Å². The molecule has 0 saturated heterocycles. The maximum absolute atomic E-state index is 8.86. The van der Waals surface area contributed by atoms with E-state index in [0.717, 1.165) is 27.8 Å². The van der Waals surface area contributed by atoms with Crippen molar-refractivity contribution in [3.8, 4) is 6.07 Å². The average Bonchev–Trinajstić information content (AvgIpc) is 2.29. The summed E-state index contributed by atoms with van der Waals surface area (Å²) >= 11 is 0. The van der Waals surface area contributed by atoms with Crippen LogP contribution >= 0.6 is 0 Å². The molecule has 0 spiro atoms. The molecule has 0 amide bonds. The largest absolute Gasteiger partial charge is 0.362 e. The Morgan fingerprint density at radius 2 is 2.12 bits per heavy atom. The Morgan fingerprint density at radius 3 is 2.76 bits per heavy atom. The third kappa shape index (κ3) is 2.07. The van der Waals surface area contributed by atoms with E-state index in [1.807, 2.05) is 31.1 Å². The molecule has 0 aliphatic rings. The van der Waals surface area contributed by atoms with Gasteiger partial charge in [0.25, 0.3) is 0 Å². The van der Waals surface area contributed by atoms with Crippen molar-refractivity contribution in [1.29, 1.82) is 5.26 Å². The fourth-order valence-electron chi connectivity index (χ4n) is 1.98. The summed E-state index contributed by atoms with van der Waals surface area (Å²) in [5.74, 6) is 0.883. The first-order chi connectivity index (χ1) is 8.13. The Balaban J connectivity index is 2.73. The zero-order valence-corrected chi connectivity index (χ0v) is 10.4. The Labute approximate surface area is 101 Å². The summed E-state index contributed by atoms with van der Waals surface area (Å²) in [5.41, 5.74) is 3.16. The lowest BCUT2D eigenvalue weighted by Gasteiger charge is -2.16. The van der Waals surface area contributed by atoms with E-state index in [4.69, 9.17) is 5.26 Å². The first kappa shape index (κ1) is 11.4. The molecule has 0 saturated carbocycles. The van der Waals surface area contributed by atoms with Gasteiger partial charge in [0.1, 0.15) is 5.82 Å². The minimum absolute atomic E-state index is 0.393. The quantitative estimate of drug-likeness (QED) is 0.788. The Hall–Kier alpha value is -2.08. The van der Waals surface area contributed by atoms with Crippen LogP contribution in [0.1, 0.15) is 11.1 Å². The molecule has 86 valence electrons. The summed E-state index contributed by atoms with van der Waals surface area (Å²) in [5, 5.41) is 9.95. The van der Waals surface area contributed by atoms with Gasteiger partial charge in [-0.1, -0.05) is 18.2 Å². The Kier molecular flexibility index (Phi) is 2.97. The highest BCUT2D eigenvalue weighted by Gasteiger charge is 2.09. The minimum Gasteiger partial charge on any atom is -0.362 e. The van der Waals surface area contributed by atoms with Crippen LogP contribution in [0.15, 0.2) is 24.3 Å². The molecule has 0 radical (unpaired) electrons. The highest BCUT2D eigenvalue weighted by molar-refractivity contribution is 5.84. The van der Waals surface area contributed by atoms with Crippen LogP contribution in [0.5, 0.6) is 0 Å². The fraction of sp³-hybridized carbons (Fsp3) is 0.286. The lowest BCUT2D eigenvalue weighted by molar-refractivity contribution is 1.05. The average molecular weight is 225 g/mol. The van der Waals surface area contributed by atoms with Gasteiger partial charge in [0.05, 0.1) is 18.0 Å². The number of hydrogen-bond donors (Lipinski definition) is 0. The van der Waals surface area contributed by atoms with E-state index in [1.54, 1.807) is 0 Å². The molecule has 3 heteroatoms. The topological polar surface area (TPSA) is 39.9 Å². The van der Waals surface area contributed by atoms with E-state index < -0.39 is 0 Å². The molecule has 0 atom stereocenters. The van der Waals surface area contributed by atoms with Crippen LogP contribution in [0.25, 0.3) is 10.9 Å². The first-order valence-electron chi connectivity index (χ1n) is 5.57. The number of aromatic nitrogens is 1. The van der Waals surface area contributed by atoms with Crippen molar-refractivity contribution >= 4 is 16.7 Å². The van der Waals surface area contributed by atoms with Crippen LogP contribution in [0.4, 0.5) is 5.82 Å². The van der Waals surface area contributed by atoms with Gasteiger partial charge in [0.15, 0.2) is 0 Å². The van der Waals surface area contributed by atoms with Crippen molar-refractivity contribution in [3.05, 3.63) is 35.4 Å². The van der Waals surface area contributed by atoms with Crippen molar-refractivity contribution in [2.45, 2.75) is 13.3 Å². The van der Waals surface area contributed by atoms with E-state index in [-0.39, 0.29) is 0 Å². The van der Waals surface area contributed by atoms with Crippen molar-refractivity contribution in [3.63, 3.8) is 0 Å². The second-order valence-electron chi connectivity index (χ2n) is 4.35. The number of pyridine rings is 1. The summed E-state index contributed by atoms with van der Waals surface area (Å²) in [6, 6.07) is 10.4. The normalized spacial score (nSPS) is 10.2. The van der Waals surface area contributed by atoms with E-state index in [2.05, 4.69) is 30.1 Å². The number of nitriles is 1. The molecule has 0 aliphatic heterocycles. The zero-order chi connectivity index (χ0) is 12.4. The molecule has 3 nitrogen and oxygen atoms in total. The monoisotopic (exact) mass is 225 g/mol. The molecule has 0 fully saturated rings. The predicted octanol–water partition coefficient (Wildman–Crippen LogP) is 2.68. The van der Waals surface area contributed by atoms with E-state index >= 15 is 0 Å². The van der Waals surface area contributed by atoms with Gasteiger partial charge in [-0.15, -0.1) is 0 Å². The third-order valence-corrected chi connectivity index (χ3v) is 2.80. The summed E-state index contributed by atoms with van der Waals surface area (Å²) < 4.78 is 0. The lowest BCUT2D eigenvalue weighted by Crippen LogP contribution is -2.13. The smallest absolute Gasteiger partial charge is 0.133 e. The Morgan fingerprint density at radius 1 is 1.35 bits per heavy atom. The van der Waals surface area contributed by atoms with Crippen molar-refractivity contribution in [2.24, 2.45) is 0 Å². The van der Waals surface area contributed by atoms with E-state index in [1.165, 1.54) is 0 Å². The summed E-state index contributed by atoms with van der Waals surface area (Å²) in [6.45, 7) is 2.05. The predicted molar refractivity (Wildman–Crippen MR) is 70.1 cm³/mol. The molecular formula is C14H15N3. The highest BCUT2D eigenvalue weighted by atomic mass is 15.1. The van der Waals surface area contributed by atoms with Crippen molar-refractivity contribution in [2.75, 3.05) is 19.0 Å². The molecule has 0 unspecified atom stereocenters. The van der Waals surface area contributed by atoms with Crippen LogP contribution in [0.3, 0.4) is 0 Å². The molecule has 1 aromatic heterocycles. The molecule has 1 aromatic carbocycles. The van der Waals surface area contributed by atoms with Crippen LogP contribution in [-0.2, 0) is 6.42 Å². The number of hydrogen-bond acceptors (Lipinski definition) is 3. The van der Waals surface area contributed by atoms with Gasteiger partial charge in [-0.3, -0.25) is 0 Å². The molecule has 2 aromatic rings. The van der Waals surface area contributed by atoms with Gasteiger partial charge in [-0.05, 0) is 18.6 Å². The van der Waals surface area contributed by atoms with Crippen molar-refractivity contribution in [1.82, 2.24) is 4.98 Å². The maximum Gasteiger partial charge on any atom is 0.133 e. The molecule has 0 aliphatic carbocycles. The van der Waals surface area contributed by atoms with Crippen LogP contribution < -0.4 is 4.90 Å². The third-order valence-electron chi connectivity index (χ3n) is 2.80. The van der Waals surface area contributed by atoms with Crippen molar-refractivity contribution < 1.29 is 0 Å². The van der Waals surface area contributed by atoms with Crippen LogP contribution in [0.2, 0.25) is 0 Å². The van der Waals surface area contributed by atoms with Gasteiger partial charge in [-0.2, -0.15) is 5.26 Å². The minimum atomic E-state index is 0.393. The SMILES string of the molecule is Cc1cccc2cc(CC#N)c(N(C)C)nc12. The number of rotatable bonds is 2. The van der Waals surface area contributed by atoms with Crippen LogP contribution in [-0.4, -0.2) is 19.1 Å². The van der Waals surface area contributed by atoms with Gasteiger partial charge < -0.3 is 4.90 Å². The number of benzene rings is 1. The summed E-state index contributed by atoms with van der Waals surface area (Å²) in [6.07, 6.45) is 0.393. The Bertz CT molecular complexity index is 594. The molecular weight excluding hydrogens is 210 g/mol. The fourth-order valence-corrected chi connectivity index (χ4v) is 1.98. The number of fused-ring (bicyclic) bond motifs is 1. The first-order valence-corrected chi connectivity index (χ1v) is 5.57. The summed E-state index contributed by atoms with van der Waals surface area (Å²) in [4.78, 5) is 6.62. The maximum atomic E-state index is 8.86. The number of anilines is 1. The lowest BCUT2D eigenvalue weighted by atomic mass is 10.1. The second-order valence-corrected chi connectivity index (χ2v) is 4.35. The van der Waals surface area contributed by atoms with Gasteiger partial charge in [0.2, 0.25) is 0 Å². The molecule has 0 bridgehead atoms. The molecule has 1 heterocycles. The number of nitrogens with zero attached hydrogens (tertiary/aromatic N) is 3. The standard InChI is InChI=1S/C14H15N3/c1-10-5-4-6-11-9-12(7-8-15)14(17(2)3)16-13(10)11/h4-6,9H,7H2,1-3H3. The van der Waals surface area contributed by atoms with Gasteiger partial charge in [0, 0.05) is 25.0 Å². The van der Waals surface area contributed by atoms with Gasteiger partial charge >= 0.3 is 0 Å².